The van der Waals surface area contributed by atoms with Crippen LogP contribution in [-0.4, -0.2) is 32.2 Å². The van der Waals surface area contributed by atoms with Crippen molar-refractivity contribution < 1.29 is 23.5 Å². The molecule has 0 aliphatic rings. The highest BCUT2D eigenvalue weighted by Gasteiger charge is 2.19. The third-order valence-corrected chi connectivity index (χ3v) is 2.34. The Bertz CT molecular complexity index is 699. The smallest absolute Gasteiger partial charge is 0.337 e. The fourth-order valence-electron chi connectivity index (χ4n) is 1.45. The summed E-state index contributed by atoms with van der Waals surface area (Å²) < 4.78 is 26.1. The maximum Gasteiger partial charge on any atom is 0.337 e. The van der Waals surface area contributed by atoms with Gasteiger partial charge < -0.3 is 10.4 Å². The highest BCUT2D eigenvalue weighted by atomic mass is 19.2. The van der Waals surface area contributed by atoms with Crippen LogP contribution in [0.5, 0.6) is 0 Å². The van der Waals surface area contributed by atoms with E-state index in [1.54, 1.807) is 6.92 Å². The Morgan fingerprint density at radius 1 is 1.30 bits per heavy atom. The summed E-state index contributed by atoms with van der Waals surface area (Å²) in [4.78, 5) is 26.4. The molecule has 0 unspecified atom stereocenters. The van der Waals surface area contributed by atoms with Crippen molar-refractivity contribution >= 4 is 17.6 Å². The largest absolute Gasteiger partial charge is 0.478 e. The molecular formula is C11H8F2N4O3. The molecule has 1 amide bonds. The van der Waals surface area contributed by atoms with Crippen LogP contribution in [0.1, 0.15) is 26.8 Å². The first-order valence-corrected chi connectivity index (χ1v) is 5.31. The molecule has 0 aliphatic heterocycles. The molecule has 0 aliphatic carbocycles. The molecule has 9 heteroatoms. The molecular weight excluding hydrogens is 274 g/mol. The van der Waals surface area contributed by atoms with Gasteiger partial charge >= 0.3 is 5.97 Å². The van der Waals surface area contributed by atoms with Crippen LogP contribution >= 0.6 is 0 Å². The van der Waals surface area contributed by atoms with Crippen LogP contribution in [0.4, 0.5) is 14.5 Å². The van der Waals surface area contributed by atoms with Crippen molar-refractivity contribution in [1.82, 2.24) is 15.2 Å². The molecule has 7 nitrogen and oxygen atoms in total. The quantitative estimate of drug-likeness (QED) is 0.787. The molecule has 0 fully saturated rings. The number of halogens is 2. The molecule has 20 heavy (non-hydrogen) atoms. The van der Waals surface area contributed by atoms with Crippen molar-refractivity contribution in [1.29, 1.82) is 0 Å². The summed E-state index contributed by atoms with van der Waals surface area (Å²) in [6.45, 7) is 1.56. The average molecular weight is 282 g/mol. The second-order valence-electron chi connectivity index (χ2n) is 3.82. The van der Waals surface area contributed by atoms with Gasteiger partial charge in [0.1, 0.15) is 5.82 Å². The van der Waals surface area contributed by atoms with Gasteiger partial charge in [-0.1, -0.05) is 0 Å². The molecule has 0 spiro atoms. The van der Waals surface area contributed by atoms with Crippen LogP contribution in [0.3, 0.4) is 0 Å². The average Bonchev–Trinajstić information content (AvgIpc) is 2.80. The first-order valence-electron chi connectivity index (χ1n) is 5.31. The van der Waals surface area contributed by atoms with E-state index in [2.05, 4.69) is 20.5 Å². The molecule has 104 valence electrons. The van der Waals surface area contributed by atoms with Crippen LogP contribution in [-0.2, 0) is 0 Å². The molecule has 0 bridgehead atoms. The predicted octanol–water partition coefficient (Wildman–Crippen LogP) is 1.34. The molecule has 2 aromatic rings. The summed E-state index contributed by atoms with van der Waals surface area (Å²) in [5.41, 5.74) is -0.964. The number of anilines is 1. The Kier molecular flexibility index (Phi) is 3.42. The third-order valence-electron chi connectivity index (χ3n) is 2.34. The van der Waals surface area contributed by atoms with Crippen LogP contribution in [0, 0.1) is 18.6 Å². The second kappa shape index (κ2) is 5.03. The van der Waals surface area contributed by atoms with Crippen molar-refractivity contribution in [2.24, 2.45) is 0 Å². The highest BCUT2D eigenvalue weighted by Crippen LogP contribution is 2.20. The number of aryl methyl sites for hydroxylation is 1. The second-order valence-corrected chi connectivity index (χ2v) is 3.82. The fourth-order valence-corrected chi connectivity index (χ4v) is 1.45. The summed E-state index contributed by atoms with van der Waals surface area (Å²) in [6.07, 6.45) is 0. The fraction of sp³-hybridized carbons (Fsp3) is 0.0909. The van der Waals surface area contributed by atoms with E-state index in [-0.39, 0.29) is 11.5 Å². The zero-order valence-electron chi connectivity index (χ0n) is 10.1. The lowest BCUT2D eigenvalue weighted by Gasteiger charge is -2.07. The van der Waals surface area contributed by atoms with Crippen molar-refractivity contribution in [3.8, 4) is 0 Å². The molecule has 3 N–H and O–H groups in total. The number of carboxylic acid groups (broad SMARTS) is 1. The minimum atomic E-state index is -1.51. The molecule has 2 rings (SSSR count). The van der Waals surface area contributed by atoms with Gasteiger partial charge in [0.15, 0.2) is 11.6 Å². The number of nitrogens with one attached hydrogen (secondary N) is 2. The summed E-state index contributed by atoms with van der Waals surface area (Å²) in [5, 5.41) is 17.0. The van der Waals surface area contributed by atoms with Gasteiger partial charge in [0.25, 0.3) is 5.91 Å². The monoisotopic (exact) mass is 282 g/mol. The number of benzene rings is 1. The van der Waals surface area contributed by atoms with E-state index in [0.29, 0.717) is 18.0 Å². The number of carboxylic acids is 1. The van der Waals surface area contributed by atoms with E-state index in [1.165, 1.54) is 0 Å². The predicted molar refractivity (Wildman–Crippen MR) is 62.4 cm³/mol. The summed E-state index contributed by atoms with van der Waals surface area (Å²) in [5.74, 6) is -4.83. The van der Waals surface area contributed by atoms with Crippen LogP contribution < -0.4 is 5.32 Å². The van der Waals surface area contributed by atoms with Gasteiger partial charge in [0, 0.05) is 6.07 Å². The van der Waals surface area contributed by atoms with Gasteiger partial charge in [0.2, 0.25) is 5.82 Å². The van der Waals surface area contributed by atoms with Gasteiger partial charge in [-0.25, -0.2) is 18.6 Å². The lowest BCUT2D eigenvalue weighted by Crippen LogP contribution is -2.17. The van der Waals surface area contributed by atoms with Crippen molar-refractivity contribution in [2.75, 3.05) is 5.32 Å². The van der Waals surface area contributed by atoms with Gasteiger partial charge in [-0.3, -0.25) is 9.89 Å². The number of hydrogen-bond acceptors (Lipinski definition) is 4. The van der Waals surface area contributed by atoms with Gasteiger partial charge in [0.05, 0.1) is 11.3 Å². The molecule has 1 heterocycles. The summed E-state index contributed by atoms with van der Waals surface area (Å²) >= 11 is 0. The molecule has 1 aromatic heterocycles. The number of rotatable bonds is 3. The number of aromatic carboxylic acids is 1. The van der Waals surface area contributed by atoms with Crippen LogP contribution in [0.2, 0.25) is 0 Å². The number of aromatic amines is 1. The molecule has 1 aromatic carbocycles. The molecule has 0 saturated carbocycles. The Balaban J connectivity index is 2.35. The van der Waals surface area contributed by atoms with E-state index in [4.69, 9.17) is 5.11 Å². The van der Waals surface area contributed by atoms with E-state index >= 15 is 0 Å². The van der Waals surface area contributed by atoms with E-state index in [1.807, 2.05) is 0 Å². The maximum atomic E-state index is 13.1. The molecule has 0 saturated heterocycles. The summed E-state index contributed by atoms with van der Waals surface area (Å²) in [6, 6.07) is 1.06. The van der Waals surface area contributed by atoms with Gasteiger partial charge in [-0.15, -0.1) is 5.10 Å². The number of H-pyrrole nitrogens is 1. The number of nitrogens with zero attached hydrogens (tertiary/aromatic N) is 2. The van der Waals surface area contributed by atoms with E-state index in [0.717, 1.165) is 0 Å². The normalized spacial score (nSPS) is 10.3. The van der Waals surface area contributed by atoms with Crippen molar-refractivity contribution in [3.05, 3.63) is 41.0 Å². The topological polar surface area (TPSA) is 108 Å². The number of hydrogen-bond donors (Lipinski definition) is 3. The minimum absolute atomic E-state index is 0.247. The first kappa shape index (κ1) is 13.6. The minimum Gasteiger partial charge on any atom is -0.478 e. The van der Waals surface area contributed by atoms with E-state index in [9.17, 15) is 18.4 Å². The lowest BCUT2D eigenvalue weighted by atomic mass is 10.1. The Hall–Kier alpha value is -2.84. The number of aromatic nitrogens is 3. The Morgan fingerprint density at radius 2 is 1.95 bits per heavy atom. The standard InChI is InChI=1S/C11H8F2N4O3/c1-4-14-9(17-16-4)10(18)15-8-3-7(13)6(12)2-5(8)11(19)20/h2-3H,1H3,(H,15,18)(H,19,20)(H,14,16,17). The number of carbonyl (C=O) groups is 2. The number of amides is 1. The highest BCUT2D eigenvalue weighted by molar-refractivity contribution is 6.05. The third kappa shape index (κ3) is 2.60. The maximum absolute atomic E-state index is 13.1. The number of carbonyl (C=O) groups excluding carboxylic acids is 1. The lowest BCUT2D eigenvalue weighted by molar-refractivity contribution is 0.0697. The first-order chi connectivity index (χ1) is 9.38. The zero-order valence-corrected chi connectivity index (χ0v) is 10.1. The van der Waals surface area contributed by atoms with E-state index < -0.39 is 29.1 Å². The Labute approximate surface area is 110 Å². The van der Waals surface area contributed by atoms with Crippen molar-refractivity contribution in [2.45, 2.75) is 6.92 Å². The van der Waals surface area contributed by atoms with Crippen LogP contribution in [0.25, 0.3) is 0 Å². The van der Waals surface area contributed by atoms with Crippen molar-refractivity contribution in [3.63, 3.8) is 0 Å². The Morgan fingerprint density at radius 3 is 2.50 bits per heavy atom. The zero-order chi connectivity index (χ0) is 14.9. The summed E-state index contributed by atoms with van der Waals surface area (Å²) in [7, 11) is 0. The van der Waals surface area contributed by atoms with Gasteiger partial charge in [-0.2, -0.15) is 0 Å². The molecule has 0 atom stereocenters. The van der Waals surface area contributed by atoms with Gasteiger partial charge in [-0.05, 0) is 13.0 Å². The SMILES string of the molecule is Cc1nc(C(=O)Nc2cc(F)c(F)cc2C(=O)O)n[nH]1. The molecule has 0 radical (unpaired) electrons. The van der Waals surface area contributed by atoms with Crippen LogP contribution in [0.15, 0.2) is 12.1 Å².